The molecule has 5 heteroatoms. The van der Waals surface area contributed by atoms with Crippen molar-refractivity contribution in [1.82, 2.24) is 4.98 Å². The molecule has 1 aromatic carbocycles. The quantitative estimate of drug-likeness (QED) is 0.586. The normalized spacial score (nSPS) is 10.4. The van der Waals surface area contributed by atoms with Crippen molar-refractivity contribution < 1.29 is 8.98 Å². The van der Waals surface area contributed by atoms with Crippen molar-refractivity contribution >= 4 is 35.5 Å². The van der Waals surface area contributed by atoms with Crippen LogP contribution in [0.15, 0.2) is 24.4 Å². The Kier molecular flexibility index (Phi) is 2.70. The maximum Gasteiger partial charge on any atom is 0.350 e. The number of nitrogens with two attached hydrogens (primary N) is 1. The zero-order valence-electron chi connectivity index (χ0n) is 8.60. The first kappa shape index (κ1) is 10.8. The highest BCUT2D eigenvalue weighted by atomic mass is 32.1. The third-order valence-corrected chi connectivity index (χ3v) is 2.61. The second-order valence-corrected chi connectivity index (χ2v) is 3.65. The molecule has 4 nitrogen and oxygen atoms in total. The molecule has 0 aliphatic carbocycles. The van der Waals surface area contributed by atoms with Gasteiger partial charge in [-0.25, -0.2) is 9.78 Å². The Morgan fingerprint density at radius 2 is 2.25 bits per heavy atom. The van der Waals surface area contributed by atoms with Crippen LogP contribution in [0.3, 0.4) is 0 Å². The number of thiol groups is 1. The number of carbonyl (C=O) groups excluding carboxylic acids is 1. The van der Waals surface area contributed by atoms with E-state index in [0.717, 1.165) is 16.3 Å². The van der Waals surface area contributed by atoms with Crippen LogP contribution in [0.1, 0.15) is 15.9 Å². The van der Waals surface area contributed by atoms with E-state index >= 15 is 0 Å². The molecule has 2 aromatic rings. The number of carbonyl (C=O) groups is 1. The van der Waals surface area contributed by atoms with E-state index in [4.69, 9.17) is 5.73 Å². The van der Waals surface area contributed by atoms with Gasteiger partial charge in [0.2, 0.25) is 0 Å². The molecule has 82 valence electrons. The average molecular weight is 234 g/mol. The number of aromatic nitrogens is 1. The topological polar surface area (TPSA) is 65.2 Å². The monoisotopic (exact) mass is 234 g/mol. The van der Waals surface area contributed by atoms with E-state index in [9.17, 15) is 4.79 Å². The Morgan fingerprint density at radius 1 is 1.50 bits per heavy atom. The van der Waals surface area contributed by atoms with Gasteiger partial charge in [-0.15, -0.1) is 0 Å². The van der Waals surface area contributed by atoms with E-state index in [1.165, 1.54) is 0 Å². The summed E-state index contributed by atoms with van der Waals surface area (Å²) in [4.78, 5) is 15.4. The molecule has 1 aromatic heterocycles. The number of anilines is 1. The Balaban J connectivity index is 2.72. The first-order chi connectivity index (χ1) is 7.63. The molecule has 16 heavy (non-hydrogen) atoms. The van der Waals surface area contributed by atoms with E-state index in [2.05, 4.69) is 22.1 Å². The molecule has 1 heterocycles. The molecule has 0 amide bonds. The number of hydrogen-bond acceptors (Lipinski definition) is 5. The lowest BCUT2D eigenvalue weighted by Gasteiger charge is -2.06. The summed E-state index contributed by atoms with van der Waals surface area (Å²) in [5.74, 6) is -0.0236. The molecule has 0 atom stereocenters. The molecule has 0 saturated heterocycles. The van der Waals surface area contributed by atoms with Gasteiger partial charge in [0.25, 0.3) is 0 Å². The maximum atomic E-state index is 11.4. The average Bonchev–Trinajstić information content (AvgIpc) is 2.29. The SMILES string of the molecule is Cc1cc2c(N)nccc2cc1C(=O)OS. The molecule has 0 unspecified atom stereocenters. The lowest BCUT2D eigenvalue weighted by molar-refractivity contribution is 0.0771. The summed E-state index contributed by atoms with van der Waals surface area (Å²) >= 11 is 3.50. The summed E-state index contributed by atoms with van der Waals surface area (Å²) < 4.78 is 4.40. The van der Waals surface area contributed by atoms with Crippen molar-refractivity contribution in [2.45, 2.75) is 6.92 Å². The van der Waals surface area contributed by atoms with Crippen LogP contribution in [0.25, 0.3) is 10.8 Å². The fraction of sp³-hybridized carbons (Fsp3) is 0.0909. The fourth-order valence-corrected chi connectivity index (χ4v) is 1.72. The first-order valence-electron chi connectivity index (χ1n) is 4.64. The van der Waals surface area contributed by atoms with Crippen LogP contribution in [0.4, 0.5) is 5.82 Å². The van der Waals surface area contributed by atoms with Crippen molar-refractivity contribution in [1.29, 1.82) is 0 Å². The molecule has 2 rings (SSSR count). The minimum Gasteiger partial charge on any atom is -0.391 e. The van der Waals surface area contributed by atoms with Gasteiger partial charge in [-0.2, -0.15) is 0 Å². The van der Waals surface area contributed by atoms with E-state index < -0.39 is 5.97 Å². The molecule has 0 spiro atoms. The zero-order valence-corrected chi connectivity index (χ0v) is 9.49. The first-order valence-corrected chi connectivity index (χ1v) is 5.00. The van der Waals surface area contributed by atoms with Crippen LogP contribution < -0.4 is 5.73 Å². The largest absolute Gasteiger partial charge is 0.391 e. The van der Waals surface area contributed by atoms with E-state index in [0.29, 0.717) is 11.4 Å². The summed E-state index contributed by atoms with van der Waals surface area (Å²) in [6.07, 6.45) is 1.60. The van der Waals surface area contributed by atoms with Gasteiger partial charge in [0.1, 0.15) is 5.82 Å². The third-order valence-electron chi connectivity index (χ3n) is 2.44. The number of nitrogens with zero attached hydrogens (tertiary/aromatic N) is 1. The van der Waals surface area contributed by atoms with Crippen LogP contribution in [0.5, 0.6) is 0 Å². The van der Waals surface area contributed by atoms with Crippen molar-refractivity contribution in [2.24, 2.45) is 0 Å². The fourth-order valence-electron chi connectivity index (χ4n) is 1.62. The Morgan fingerprint density at radius 3 is 2.94 bits per heavy atom. The van der Waals surface area contributed by atoms with Crippen LogP contribution in [-0.2, 0) is 4.18 Å². The molecule has 0 bridgehead atoms. The Hall–Kier alpha value is -1.75. The Bertz CT molecular complexity index is 569. The van der Waals surface area contributed by atoms with Gasteiger partial charge >= 0.3 is 5.97 Å². The van der Waals surface area contributed by atoms with E-state index in [1.54, 1.807) is 18.3 Å². The predicted molar refractivity (Wildman–Crippen MR) is 65.3 cm³/mol. The highest BCUT2D eigenvalue weighted by Gasteiger charge is 2.11. The van der Waals surface area contributed by atoms with Crippen LogP contribution in [0, 0.1) is 6.92 Å². The van der Waals surface area contributed by atoms with Crippen LogP contribution in [0.2, 0.25) is 0 Å². The highest BCUT2D eigenvalue weighted by Crippen LogP contribution is 2.23. The van der Waals surface area contributed by atoms with E-state index in [-0.39, 0.29) is 0 Å². The second-order valence-electron chi connectivity index (χ2n) is 3.46. The summed E-state index contributed by atoms with van der Waals surface area (Å²) in [7, 11) is 0. The van der Waals surface area contributed by atoms with Gasteiger partial charge in [0.15, 0.2) is 0 Å². The molecule has 0 aliphatic heterocycles. The molecular formula is C11H10N2O2S. The zero-order chi connectivity index (χ0) is 11.7. The Labute approximate surface area is 98.0 Å². The van der Waals surface area contributed by atoms with E-state index in [1.807, 2.05) is 13.0 Å². The van der Waals surface area contributed by atoms with Gasteiger partial charge in [-0.05, 0) is 36.1 Å². The lowest BCUT2D eigenvalue weighted by Crippen LogP contribution is -2.02. The number of aryl methyl sites for hydroxylation is 1. The highest BCUT2D eigenvalue weighted by molar-refractivity contribution is 7.75. The molecule has 2 N–H and O–H groups in total. The smallest absolute Gasteiger partial charge is 0.350 e. The number of pyridine rings is 1. The van der Waals surface area contributed by atoms with Crippen molar-refractivity contribution in [3.8, 4) is 0 Å². The summed E-state index contributed by atoms with van der Waals surface area (Å²) in [6, 6.07) is 5.33. The number of nitrogen functional groups attached to an aromatic ring is 1. The van der Waals surface area contributed by atoms with Gasteiger partial charge in [0, 0.05) is 24.5 Å². The molecule has 0 saturated carbocycles. The second kappa shape index (κ2) is 4.02. The number of hydrogen-bond donors (Lipinski definition) is 2. The predicted octanol–water partition coefficient (Wildman–Crippen LogP) is 2.13. The van der Waals surface area contributed by atoms with Gasteiger partial charge in [-0.3, -0.25) is 0 Å². The number of benzene rings is 1. The van der Waals surface area contributed by atoms with Crippen LogP contribution in [-0.4, -0.2) is 11.0 Å². The van der Waals surface area contributed by atoms with Crippen molar-refractivity contribution in [3.63, 3.8) is 0 Å². The summed E-state index contributed by atoms with van der Waals surface area (Å²) in [5, 5.41) is 1.68. The number of rotatable bonds is 1. The standard InChI is InChI=1S/C11H10N2O2S/c1-6-4-9-7(2-3-13-10(9)12)5-8(6)11(14)15-16/h2-5,16H,1H3,(H2,12,13). The van der Waals surface area contributed by atoms with Crippen molar-refractivity contribution in [3.05, 3.63) is 35.5 Å². The minimum absolute atomic E-state index is 0.450. The summed E-state index contributed by atoms with van der Waals surface area (Å²) in [6.45, 7) is 1.81. The minimum atomic E-state index is -0.474. The van der Waals surface area contributed by atoms with Gasteiger partial charge < -0.3 is 9.92 Å². The molecule has 0 radical (unpaired) electrons. The molecule has 0 aliphatic rings. The van der Waals surface area contributed by atoms with Crippen LogP contribution >= 0.6 is 12.9 Å². The van der Waals surface area contributed by atoms with Crippen molar-refractivity contribution in [2.75, 3.05) is 5.73 Å². The molecular weight excluding hydrogens is 224 g/mol. The van der Waals surface area contributed by atoms with Gasteiger partial charge in [0.05, 0.1) is 5.56 Å². The summed E-state index contributed by atoms with van der Waals surface area (Å²) in [5.41, 5.74) is 7.00. The lowest BCUT2D eigenvalue weighted by atomic mass is 10.0. The molecule has 0 fully saturated rings. The maximum absolute atomic E-state index is 11.4. The van der Waals surface area contributed by atoms with Gasteiger partial charge in [-0.1, -0.05) is 0 Å². The number of fused-ring (bicyclic) bond motifs is 1. The third kappa shape index (κ3) is 1.69.